The summed E-state index contributed by atoms with van der Waals surface area (Å²) in [5, 5.41) is 0. The molecule has 0 heterocycles. The molecular formula is C22H30O7S2. The number of hydrogen-bond donors (Lipinski definition) is 2. The third kappa shape index (κ3) is 7.92. The minimum atomic E-state index is -4.61. The molecular weight excluding hydrogens is 440 g/mol. The molecule has 172 valence electrons. The Morgan fingerprint density at radius 3 is 1.87 bits per heavy atom. The van der Waals surface area contributed by atoms with Gasteiger partial charge >= 0.3 is 0 Å². The number of rotatable bonds is 13. The Balaban J connectivity index is 2.22. The molecule has 31 heavy (non-hydrogen) atoms. The van der Waals surface area contributed by atoms with Gasteiger partial charge in [-0.1, -0.05) is 76.1 Å². The van der Waals surface area contributed by atoms with Crippen LogP contribution in [0.5, 0.6) is 11.5 Å². The summed E-state index contributed by atoms with van der Waals surface area (Å²) in [6.07, 6.45) is 9.36. The number of hydrogen-bond acceptors (Lipinski definition) is 5. The van der Waals surface area contributed by atoms with Gasteiger partial charge in [0.25, 0.3) is 20.2 Å². The van der Waals surface area contributed by atoms with E-state index in [4.69, 9.17) is 4.74 Å². The third-order valence-corrected chi connectivity index (χ3v) is 6.75. The van der Waals surface area contributed by atoms with Crippen LogP contribution in [0.1, 0.15) is 63.9 Å². The van der Waals surface area contributed by atoms with Crippen molar-refractivity contribution in [1.82, 2.24) is 0 Å². The van der Waals surface area contributed by atoms with E-state index in [1.807, 2.05) is 0 Å². The molecule has 0 radical (unpaired) electrons. The molecule has 7 nitrogen and oxygen atoms in total. The summed E-state index contributed by atoms with van der Waals surface area (Å²) in [4.78, 5) is -0.937. The lowest BCUT2D eigenvalue weighted by Gasteiger charge is -2.16. The van der Waals surface area contributed by atoms with Gasteiger partial charge in [0.15, 0.2) is 5.75 Å². The van der Waals surface area contributed by atoms with E-state index in [1.165, 1.54) is 56.0 Å². The summed E-state index contributed by atoms with van der Waals surface area (Å²) in [7, 11) is -9.20. The molecule has 0 bridgehead atoms. The summed E-state index contributed by atoms with van der Waals surface area (Å²) in [6.45, 7) is 2.18. The highest BCUT2D eigenvalue weighted by Crippen LogP contribution is 2.36. The van der Waals surface area contributed by atoms with E-state index in [-0.39, 0.29) is 11.5 Å². The number of ether oxygens (including phenoxy) is 1. The van der Waals surface area contributed by atoms with Crippen molar-refractivity contribution in [2.24, 2.45) is 0 Å². The Morgan fingerprint density at radius 1 is 0.710 bits per heavy atom. The Kier molecular flexibility index (Phi) is 9.49. The van der Waals surface area contributed by atoms with Crippen LogP contribution >= 0.6 is 0 Å². The van der Waals surface area contributed by atoms with E-state index in [2.05, 4.69) is 6.92 Å². The third-order valence-electron chi connectivity index (χ3n) is 4.98. The molecule has 0 unspecified atom stereocenters. The van der Waals surface area contributed by atoms with Gasteiger partial charge in [0, 0.05) is 0 Å². The minimum absolute atomic E-state index is 0.135. The average molecular weight is 471 g/mol. The Labute approximate surface area is 185 Å². The zero-order valence-corrected chi connectivity index (χ0v) is 19.3. The first-order chi connectivity index (χ1) is 14.6. The number of unbranched alkanes of at least 4 members (excludes halogenated alkanes) is 7. The van der Waals surface area contributed by atoms with Gasteiger partial charge in [0.2, 0.25) is 0 Å². The molecule has 0 amide bonds. The SMILES string of the molecule is CCCCCCCCCCc1cccc(S(=O)(=O)O)c1Oc1ccccc1S(=O)(=O)O. The van der Waals surface area contributed by atoms with Crippen LogP contribution in [0, 0.1) is 0 Å². The maximum Gasteiger partial charge on any atom is 0.298 e. The molecule has 0 saturated heterocycles. The first-order valence-corrected chi connectivity index (χ1v) is 13.4. The van der Waals surface area contributed by atoms with E-state index in [1.54, 1.807) is 6.07 Å². The molecule has 2 aromatic rings. The van der Waals surface area contributed by atoms with Crippen LogP contribution in [0.2, 0.25) is 0 Å². The molecule has 0 aromatic heterocycles. The topological polar surface area (TPSA) is 118 Å². The lowest BCUT2D eigenvalue weighted by Crippen LogP contribution is -2.06. The monoisotopic (exact) mass is 470 g/mol. The van der Waals surface area contributed by atoms with Crippen LogP contribution in [0.25, 0.3) is 0 Å². The number of para-hydroxylation sites is 2. The first kappa shape index (κ1) is 25.3. The van der Waals surface area contributed by atoms with E-state index in [0.717, 1.165) is 31.7 Å². The van der Waals surface area contributed by atoms with Crippen molar-refractivity contribution in [2.75, 3.05) is 0 Å². The van der Waals surface area contributed by atoms with Crippen molar-refractivity contribution in [3.63, 3.8) is 0 Å². The van der Waals surface area contributed by atoms with Crippen LogP contribution < -0.4 is 4.74 Å². The van der Waals surface area contributed by atoms with Crippen LogP contribution in [0.4, 0.5) is 0 Å². The fourth-order valence-electron chi connectivity index (χ4n) is 3.38. The minimum Gasteiger partial charge on any atom is -0.454 e. The van der Waals surface area contributed by atoms with Crippen molar-refractivity contribution >= 4 is 20.2 Å². The fraction of sp³-hybridized carbons (Fsp3) is 0.455. The van der Waals surface area contributed by atoms with Gasteiger partial charge in [-0.25, -0.2) is 0 Å². The molecule has 9 heteroatoms. The largest absolute Gasteiger partial charge is 0.454 e. The molecule has 0 aliphatic carbocycles. The molecule has 0 aliphatic rings. The molecule has 0 atom stereocenters. The van der Waals surface area contributed by atoms with Crippen molar-refractivity contribution in [1.29, 1.82) is 0 Å². The second-order valence-electron chi connectivity index (χ2n) is 7.47. The Hall–Kier alpha value is -1.94. The van der Waals surface area contributed by atoms with Crippen LogP contribution in [0.3, 0.4) is 0 Å². The van der Waals surface area contributed by atoms with Gasteiger partial charge in [0.1, 0.15) is 15.5 Å². The summed E-state index contributed by atoms with van der Waals surface area (Å²) in [6, 6.07) is 9.75. The average Bonchev–Trinajstić information content (AvgIpc) is 2.69. The van der Waals surface area contributed by atoms with Gasteiger partial charge in [-0.15, -0.1) is 0 Å². The molecule has 0 fully saturated rings. The molecule has 0 saturated carbocycles. The van der Waals surface area contributed by atoms with Crippen LogP contribution in [-0.4, -0.2) is 25.9 Å². The quantitative estimate of drug-likeness (QED) is 0.287. The van der Waals surface area contributed by atoms with Crippen molar-refractivity contribution in [3.8, 4) is 11.5 Å². The highest BCUT2D eigenvalue weighted by atomic mass is 32.2. The van der Waals surface area contributed by atoms with Gasteiger partial charge in [-0.3, -0.25) is 9.11 Å². The van der Waals surface area contributed by atoms with Crippen LogP contribution in [-0.2, 0) is 26.7 Å². The molecule has 0 aliphatic heterocycles. The number of benzene rings is 2. The summed E-state index contributed by atoms with van der Waals surface area (Å²) in [5.74, 6) is -0.359. The normalized spacial score (nSPS) is 12.1. The molecule has 2 aromatic carbocycles. The molecule has 2 rings (SSSR count). The van der Waals surface area contributed by atoms with Crippen LogP contribution in [0.15, 0.2) is 52.3 Å². The summed E-state index contributed by atoms with van der Waals surface area (Å²) < 4.78 is 71.8. The van der Waals surface area contributed by atoms with Gasteiger partial charge < -0.3 is 4.74 Å². The van der Waals surface area contributed by atoms with Crippen molar-refractivity contribution < 1.29 is 30.7 Å². The Morgan fingerprint density at radius 2 is 1.26 bits per heavy atom. The van der Waals surface area contributed by atoms with E-state index < -0.39 is 30.0 Å². The summed E-state index contributed by atoms with van der Waals surface area (Å²) in [5.41, 5.74) is 0.534. The predicted molar refractivity (Wildman–Crippen MR) is 119 cm³/mol. The first-order valence-electron chi connectivity index (χ1n) is 10.5. The van der Waals surface area contributed by atoms with Gasteiger partial charge in [-0.2, -0.15) is 16.8 Å². The standard InChI is InChI=1S/C22H30O7S2/c1-2-3-4-5-6-7-8-9-13-18-14-12-17-21(31(26,27)28)22(18)29-19-15-10-11-16-20(19)30(23,24)25/h10-12,14-17H,2-9,13H2,1H3,(H,23,24,25)(H,26,27,28). The van der Waals surface area contributed by atoms with E-state index >= 15 is 0 Å². The number of aryl methyl sites for hydroxylation is 1. The maximum absolute atomic E-state index is 11.9. The van der Waals surface area contributed by atoms with Gasteiger partial charge in [-0.05, 0) is 36.6 Å². The fourth-order valence-corrected chi connectivity index (χ4v) is 4.66. The smallest absolute Gasteiger partial charge is 0.298 e. The lowest BCUT2D eigenvalue weighted by molar-refractivity contribution is 0.429. The Bertz CT molecular complexity index is 1060. The zero-order valence-electron chi connectivity index (χ0n) is 17.7. The van der Waals surface area contributed by atoms with E-state index in [0.29, 0.717) is 12.0 Å². The maximum atomic E-state index is 11.9. The highest BCUT2D eigenvalue weighted by molar-refractivity contribution is 7.86. The highest BCUT2D eigenvalue weighted by Gasteiger charge is 2.23. The second kappa shape index (κ2) is 11.6. The zero-order chi connectivity index (χ0) is 22.9. The van der Waals surface area contributed by atoms with Gasteiger partial charge in [0.05, 0.1) is 0 Å². The van der Waals surface area contributed by atoms with Crippen molar-refractivity contribution in [3.05, 3.63) is 48.0 Å². The second-order valence-corrected chi connectivity index (χ2v) is 10.2. The van der Waals surface area contributed by atoms with E-state index in [9.17, 15) is 25.9 Å². The predicted octanol–water partition coefficient (Wildman–Crippen LogP) is 5.66. The lowest BCUT2D eigenvalue weighted by atomic mass is 10.0. The summed E-state index contributed by atoms with van der Waals surface area (Å²) >= 11 is 0. The molecule has 2 N–H and O–H groups in total. The molecule has 0 spiro atoms. The van der Waals surface area contributed by atoms with Crippen molar-refractivity contribution in [2.45, 2.75) is 74.5 Å².